The molecule has 0 radical (unpaired) electrons. The highest BCUT2D eigenvalue weighted by molar-refractivity contribution is 5.37. The van der Waals surface area contributed by atoms with Gasteiger partial charge in [0.25, 0.3) is 5.95 Å². The predicted molar refractivity (Wildman–Crippen MR) is 67.5 cm³/mol. The Morgan fingerprint density at radius 3 is 2.79 bits per heavy atom. The number of anilines is 2. The van der Waals surface area contributed by atoms with Crippen molar-refractivity contribution >= 4 is 11.9 Å². The smallest absolute Gasteiger partial charge is 0.258 e. The third-order valence-corrected chi connectivity index (χ3v) is 2.17. The standard InChI is InChI=1S/C9H15N9O/c1-6(3-19-2)13-7-14-8(17-10)16-9(15-7)18-5-11-4-12-18/h4-6H,3,10H2,1-2H3,(H2,13,14,15,16,17). The Morgan fingerprint density at radius 1 is 1.37 bits per heavy atom. The molecular weight excluding hydrogens is 250 g/mol. The van der Waals surface area contributed by atoms with Crippen LogP contribution in [0.1, 0.15) is 6.92 Å². The number of methoxy groups -OCH3 is 1. The number of hydrogen-bond donors (Lipinski definition) is 3. The SMILES string of the molecule is COCC(C)Nc1nc(NN)nc(-n2cncn2)n1. The van der Waals surface area contributed by atoms with Crippen molar-refractivity contribution < 1.29 is 4.74 Å². The van der Waals surface area contributed by atoms with Crippen molar-refractivity contribution in [3.05, 3.63) is 12.7 Å². The van der Waals surface area contributed by atoms with Gasteiger partial charge in [0, 0.05) is 13.2 Å². The van der Waals surface area contributed by atoms with E-state index in [2.05, 4.69) is 35.8 Å². The summed E-state index contributed by atoms with van der Waals surface area (Å²) in [7, 11) is 1.62. The molecule has 0 bridgehead atoms. The summed E-state index contributed by atoms with van der Waals surface area (Å²) in [4.78, 5) is 16.2. The second-order valence-corrected chi connectivity index (χ2v) is 3.77. The molecule has 0 aromatic carbocycles. The molecule has 19 heavy (non-hydrogen) atoms. The van der Waals surface area contributed by atoms with Gasteiger partial charge in [-0.15, -0.1) is 0 Å². The van der Waals surface area contributed by atoms with Gasteiger partial charge in [-0.05, 0) is 6.92 Å². The van der Waals surface area contributed by atoms with Crippen LogP contribution in [0.4, 0.5) is 11.9 Å². The third-order valence-electron chi connectivity index (χ3n) is 2.17. The summed E-state index contributed by atoms with van der Waals surface area (Å²) in [6.07, 6.45) is 2.87. The lowest BCUT2D eigenvalue weighted by Crippen LogP contribution is -2.24. The fourth-order valence-electron chi connectivity index (χ4n) is 1.42. The average molecular weight is 265 g/mol. The lowest BCUT2D eigenvalue weighted by molar-refractivity contribution is 0.190. The van der Waals surface area contributed by atoms with Crippen LogP contribution in [-0.2, 0) is 4.74 Å². The molecule has 2 aromatic rings. The zero-order chi connectivity index (χ0) is 13.7. The number of hydrogen-bond acceptors (Lipinski definition) is 9. The number of hydrazine groups is 1. The molecule has 102 valence electrons. The van der Waals surface area contributed by atoms with Crippen LogP contribution in [0.25, 0.3) is 5.95 Å². The highest BCUT2D eigenvalue weighted by atomic mass is 16.5. The van der Waals surface area contributed by atoms with E-state index < -0.39 is 0 Å². The van der Waals surface area contributed by atoms with Crippen LogP contribution >= 0.6 is 0 Å². The molecule has 0 aliphatic carbocycles. The first kappa shape index (κ1) is 13.1. The normalized spacial score (nSPS) is 12.2. The Balaban J connectivity index is 2.26. The van der Waals surface area contributed by atoms with Crippen molar-refractivity contribution in [2.45, 2.75) is 13.0 Å². The zero-order valence-corrected chi connectivity index (χ0v) is 10.6. The second-order valence-electron chi connectivity index (χ2n) is 3.77. The van der Waals surface area contributed by atoms with Crippen molar-refractivity contribution in [1.82, 2.24) is 29.7 Å². The largest absolute Gasteiger partial charge is 0.383 e. The molecule has 0 aliphatic heterocycles. The van der Waals surface area contributed by atoms with E-state index in [1.807, 2.05) is 6.92 Å². The van der Waals surface area contributed by atoms with Crippen LogP contribution < -0.4 is 16.6 Å². The quantitative estimate of drug-likeness (QED) is 0.453. The molecule has 2 rings (SSSR count). The van der Waals surface area contributed by atoms with E-state index in [0.29, 0.717) is 18.5 Å². The Morgan fingerprint density at radius 2 is 2.16 bits per heavy atom. The topological polar surface area (TPSA) is 129 Å². The monoisotopic (exact) mass is 265 g/mol. The highest BCUT2D eigenvalue weighted by Gasteiger charge is 2.10. The Hall–Kier alpha value is -2.33. The lowest BCUT2D eigenvalue weighted by Gasteiger charge is -2.13. The number of ether oxygens (including phenoxy) is 1. The van der Waals surface area contributed by atoms with Crippen molar-refractivity contribution in [2.75, 3.05) is 24.5 Å². The summed E-state index contributed by atoms with van der Waals surface area (Å²) in [5, 5.41) is 7.03. The predicted octanol–water partition coefficient (Wildman–Crippen LogP) is -0.815. The summed E-state index contributed by atoms with van der Waals surface area (Å²) in [6, 6.07) is 0.0432. The van der Waals surface area contributed by atoms with Crippen LogP contribution in [0.15, 0.2) is 12.7 Å². The van der Waals surface area contributed by atoms with Gasteiger partial charge in [0.05, 0.1) is 6.61 Å². The van der Waals surface area contributed by atoms with Crippen LogP contribution in [0.2, 0.25) is 0 Å². The molecule has 10 nitrogen and oxygen atoms in total. The maximum absolute atomic E-state index is 5.33. The molecule has 10 heteroatoms. The fourth-order valence-corrected chi connectivity index (χ4v) is 1.42. The number of nitrogens with two attached hydrogens (primary N) is 1. The van der Waals surface area contributed by atoms with Gasteiger partial charge in [-0.25, -0.2) is 10.8 Å². The van der Waals surface area contributed by atoms with E-state index in [4.69, 9.17) is 10.6 Å². The first-order valence-electron chi connectivity index (χ1n) is 5.56. The molecule has 0 spiro atoms. The summed E-state index contributed by atoms with van der Waals surface area (Å²) < 4.78 is 6.44. The molecule has 4 N–H and O–H groups in total. The minimum absolute atomic E-state index is 0.0432. The van der Waals surface area contributed by atoms with E-state index in [9.17, 15) is 0 Å². The van der Waals surface area contributed by atoms with Crippen LogP contribution in [0.5, 0.6) is 0 Å². The average Bonchev–Trinajstić information content (AvgIpc) is 2.92. The maximum Gasteiger partial charge on any atom is 0.258 e. The van der Waals surface area contributed by atoms with Crippen molar-refractivity contribution in [3.63, 3.8) is 0 Å². The Bertz CT molecular complexity index is 514. The van der Waals surface area contributed by atoms with Gasteiger partial charge < -0.3 is 10.1 Å². The number of nitrogen functional groups attached to an aromatic ring is 1. The number of aromatic nitrogens is 6. The van der Waals surface area contributed by atoms with Gasteiger partial charge in [-0.3, -0.25) is 5.43 Å². The number of rotatable bonds is 6. The molecule has 1 unspecified atom stereocenters. The molecule has 0 fully saturated rings. The van der Waals surface area contributed by atoms with Crippen molar-refractivity contribution in [2.24, 2.45) is 5.84 Å². The molecule has 0 amide bonds. The van der Waals surface area contributed by atoms with Gasteiger partial charge in [0.1, 0.15) is 12.7 Å². The molecule has 1 atom stereocenters. The number of nitrogens with zero attached hydrogens (tertiary/aromatic N) is 6. The summed E-state index contributed by atoms with van der Waals surface area (Å²) in [6.45, 7) is 2.47. The van der Waals surface area contributed by atoms with E-state index in [0.717, 1.165) is 0 Å². The van der Waals surface area contributed by atoms with Crippen molar-refractivity contribution in [3.8, 4) is 5.95 Å². The first-order chi connectivity index (χ1) is 9.22. The molecule has 0 aliphatic rings. The van der Waals surface area contributed by atoms with E-state index >= 15 is 0 Å². The van der Waals surface area contributed by atoms with Crippen molar-refractivity contribution in [1.29, 1.82) is 0 Å². The molecule has 2 heterocycles. The van der Waals surface area contributed by atoms with E-state index in [1.165, 1.54) is 17.3 Å². The van der Waals surface area contributed by atoms with Crippen LogP contribution in [0, 0.1) is 0 Å². The number of nitrogens with one attached hydrogen (secondary N) is 2. The van der Waals surface area contributed by atoms with E-state index in [1.54, 1.807) is 7.11 Å². The maximum atomic E-state index is 5.33. The molecule has 0 saturated heterocycles. The van der Waals surface area contributed by atoms with Gasteiger partial charge in [-0.2, -0.15) is 24.7 Å². The van der Waals surface area contributed by atoms with Gasteiger partial charge >= 0.3 is 0 Å². The van der Waals surface area contributed by atoms with Gasteiger partial charge in [0.2, 0.25) is 11.9 Å². The van der Waals surface area contributed by atoms with Crippen LogP contribution in [0.3, 0.4) is 0 Å². The lowest BCUT2D eigenvalue weighted by atomic mass is 10.4. The summed E-state index contributed by atoms with van der Waals surface area (Å²) in [5.41, 5.74) is 2.38. The van der Waals surface area contributed by atoms with E-state index in [-0.39, 0.29) is 12.0 Å². The van der Waals surface area contributed by atoms with Gasteiger partial charge in [0.15, 0.2) is 0 Å². The summed E-state index contributed by atoms with van der Waals surface area (Å²) >= 11 is 0. The minimum atomic E-state index is 0.0432. The first-order valence-corrected chi connectivity index (χ1v) is 5.56. The molecular formula is C9H15N9O. The van der Waals surface area contributed by atoms with Gasteiger partial charge in [-0.1, -0.05) is 0 Å². The zero-order valence-electron chi connectivity index (χ0n) is 10.6. The molecule has 2 aromatic heterocycles. The van der Waals surface area contributed by atoms with Crippen LogP contribution in [-0.4, -0.2) is 49.5 Å². The Labute approximate surface area is 109 Å². The second kappa shape index (κ2) is 6.02. The summed E-state index contributed by atoms with van der Waals surface area (Å²) in [5.74, 6) is 6.24. The third kappa shape index (κ3) is 3.33. The molecule has 0 saturated carbocycles. The minimum Gasteiger partial charge on any atom is -0.383 e. The highest BCUT2D eigenvalue weighted by Crippen LogP contribution is 2.08. The Kier molecular flexibility index (Phi) is 4.15. The fraction of sp³-hybridized carbons (Fsp3) is 0.444.